The molecular formula is C45H59N7O8S. The molecule has 3 aliphatic carbocycles. The van der Waals surface area contributed by atoms with Crippen molar-refractivity contribution in [2.75, 3.05) is 30.9 Å². The maximum absolute atomic E-state index is 14.7. The van der Waals surface area contributed by atoms with Crippen molar-refractivity contribution in [3.05, 3.63) is 41.8 Å². The van der Waals surface area contributed by atoms with Gasteiger partial charge < -0.3 is 40.3 Å². The summed E-state index contributed by atoms with van der Waals surface area (Å²) in [6.07, 6.45) is 8.43. The molecule has 4 N–H and O–H groups in total. The molecule has 0 radical (unpaired) electrons. The number of hydrogen-bond donors (Lipinski definition) is 4. The van der Waals surface area contributed by atoms with E-state index in [1.54, 1.807) is 6.07 Å². The fourth-order valence-corrected chi connectivity index (χ4v) is 9.91. The second kappa shape index (κ2) is 17.6. The first kappa shape index (κ1) is 43.8. The summed E-state index contributed by atoms with van der Waals surface area (Å²) >= 11 is 1.32. The van der Waals surface area contributed by atoms with E-state index in [2.05, 4.69) is 22.5 Å². The van der Waals surface area contributed by atoms with Crippen LogP contribution in [0.25, 0.3) is 22.3 Å². The quantitative estimate of drug-likeness (QED) is 0.124. The minimum absolute atomic E-state index is 0.0321. The number of carbonyl (C=O) groups excluding carboxylic acids is 4. The van der Waals surface area contributed by atoms with Crippen LogP contribution < -0.4 is 25.6 Å². The van der Waals surface area contributed by atoms with E-state index in [1.165, 1.54) is 22.3 Å². The van der Waals surface area contributed by atoms with Gasteiger partial charge in [0.1, 0.15) is 41.3 Å². The molecule has 4 aliphatic rings. The molecular weight excluding hydrogens is 799 g/mol. The highest BCUT2D eigenvalue weighted by molar-refractivity contribution is 7.14. The smallest absolute Gasteiger partial charge is 0.408 e. The number of carboxylic acid groups (broad SMARTS) is 1. The summed E-state index contributed by atoms with van der Waals surface area (Å²) in [6.45, 7) is 11.2. The van der Waals surface area contributed by atoms with Crippen LogP contribution in [0.5, 0.6) is 5.75 Å². The van der Waals surface area contributed by atoms with Crippen LogP contribution in [0.3, 0.4) is 0 Å². The zero-order valence-electron chi connectivity index (χ0n) is 36.0. The van der Waals surface area contributed by atoms with E-state index in [-0.39, 0.29) is 31.4 Å². The largest absolute Gasteiger partial charge is 0.488 e. The number of carboxylic acids is 1. The van der Waals surface area contributed by atoms with Crippen LogP contribution >= 0.6 is 11.3 Å². The Bertz CT molecular complexity index is 2190. The Morgan fingerprint density at radius 2 is 1.75 bits per heavy atom. The average molecular weight is 858 g/mol. The molecule has 5 atom stereocenters. The second-order valence-corrected chi connectivity index (χ2v) is 19.4. The monoisotopic (exact) mass is 857 g/mol. The highest BCUT2D eigenvalue weighted by Crippen LogP contribution is 2.45. The molecule has 3 aromatic rings. The van der Waals surface area contributed by atoms with Crippen LogP contribution in [0.4, 0.5) is 15.6 Å². The Labute approximate surface area is 361 Å². The van der Waals surface area contributed by atoms with Gasteiger partial charge in [-0.3, -0.25) is 14.4 Å². The summed E-state index contributed by atoms with van der Waals surface area (Å²) < 4.78 is 12.5. The first-order valence-corrected chi connectivity index (χ1v) is 22.3. The van der Waals surface area contributed by atoms with Gasteiger partial charge in [0.25, 0.3) is 0 Å². The van der Waals surface area contributed by atoms with Gasteiger partial charge in [-0.1, -0.05) is 39.7 Å². The molecule has 16 heteroatoms. The van der Waals surface area contributed by atoms with Gasteiger partial charge in [0, 0.05) is 55.4 Å². The van der Waals surface area contributed by atoms with Gasteiger partial charge >= 0.3 is 12.1 Å². The SMILES string of the molecule is C=C[C@@H]1C[C@]1(NC(=O)[C@@H]1C[C@@H](Oc2cc(-c3csc(NC(=O)CC4CCCC4)n3)nc3c(C)c(N(C)C)ccc23)CN1C(=O)[C@@H](NC(=O)OC1CCCC1)C(C)(C)C)C(=O)O. The molecule has 4 amide bonds. The number of rotatable bonds is 14. The predicted molar refractivity (Wildman–Crippen MR) is 234 cm³/mol. The number of pyridine rings is 1. The molecule has 0 unspecified atom stereocenters. The minimum atomic E-state index is -1.53. The Morgan fingerprint density at radius 3 is 2.39 bits per heavy atom. The van der Waals surface area contributed by atoms with Crippen molar-refractivity contribution in [2.45, 2.75) is 128 Å². The number of hydrogen-bond acceptors (Lipinski definition) is 11. The van der Waals surface area contributed by atoms with Crippen LogP contribution in [0.15, 0.2) is 36.2 Å². The van der Waals surface area contributed by atoms with Crippen molar-refractivity contribution < 1.29 is 38.6 Å². The van der Waals surface area contributed by atoms with E-state index in [4.69, 9.17) is 19.4 Å². The summed E-state index contributed by atoms with van der Waals surface area (Å²) in [5, 5.41) is 21.7. The van der Waals surface area contributed by atoms with Crippen molar-refractivity contribution in [1.82, 2.24) is 25.5 Å². The number of carbonyl (C=O) groups is 5. The zero-order chi connectivity index (χ0) is 43.8. The molecule has 328 valence electrons. The van der Waals surface area contributed by atoms with E-state index < -0.39 is 58.9 Å². The number of benzene rings is 1. The number of anilines is 2. The maximum atomic E-state index is 14.7. The second-order valence-electron chi connectivity index (χ2n) is 18.5. The topological polar surface area (TPSA) is 192 Å². The Hall–Kier alpha value is -5.25. The Kier molecular flexibility index (Phi) is 12.7. The number of nitrogens with one attached hydrogen (secondary N) is 3. The molecule has 4 fully saturated rings. The summed E-state index contributed by atoms with van der Waals surface area (Å²) in [6, 6.07) is 3.49. The van der Waals surface area contributed by atoms with Gasteiger partial charge in [-0.15, -0.1) is 17.9 Å². The molecule has 15 nitrogen and oxygen atoms in total. The number of ether oxygens (including phenoxy) is 2. The molecule has 1 aliphatic heterocycles. The van der Waals surface area contributed by atoms with Gasteiger partial charge in [-0.2, -0.15) is 0 Å². The van der Waals surface area contributed by atoms with Crippen LogP contribution in [-0.4, -0.2) is 100 Å². The maximum Gasteiger partial charge on any atom is 0.408 e. The van der Waals surface area contributed by atoms with E-state index in [1.807, 2.05) is 64.2 Å². The van der Waals surface area contributed by atoms with Crippen molar-refractivity contribution in [3.8, 4) is 17.1 Å². The third-order valence-electron chi connectivity index (χ3n) is 12.7. The van der Waals surface area contributed by atoms with Gasteiger partial charge in [0.15, 0.2) is 5.13 Å². The van der Waals surface area contributed by atoms with Crippen molar-refractivity contribution in [3.63, 3.8) is 0 Å². The van der Waals surface area contributed by atoms with Gasteiger partial charge in [-0.05, 0) is 80.9 Å². The van der Waals surface area contributed by atoms with Crippen LogP contribution in [0.2, 0.25) is 0 Å². The number of aliphatic carboxylic acids is 1. The molecule has 3 heterocycles. The van der Waals surface area contributed by atoms with Gasteiger partial charge in [0.05, 0.1) is 17.8 Å². The first-order chi connectivity index (χ1) is 29.0. The predicted octanol–water partition coefficient (Wildman–Crippen LogP) is 6.83. The lowest BCUT2D eigenvalue weighted by molar-refractivity contribution is -0.146. The molecule has 3 saturated carbocycles. The van der Waals surface area contributed by atoms with Crippen molar-refractivity contribution >= 4 is 62.8 Å². The fraction of sp³-hybridized carbons (Fsp3) is 0.578. The average Bonchev–Trinajstić information content (AvgIpc) is 3.83. The number of aromatic nitrogens is 2. The summed E-state index contributed by atoms with van der Waals surface area (Å²) in [5.41, 5.74) is 1.26. The van der Waals surface area contributed by atoms with Crippen molar-refractivity contribution in [2.24, 2.45) is 17.3 Å². The molecule has 2 aromatic heterocycles. The number of fused-ring (bicyclic) bond motifs is 1. The third kappa shape index (κ3) is 9.48. The molecule has 1 saturated heterocycles. The summed E-state index contributed by atoms with van der Waals surface area (Å²) in [4.78, 5) is 80.7. The highest BCUT2D eigenvalue weighted by atomic mass is 32.1. The number of nitrogens with zero attached hydrogens (tertiary/aromatic N) is 4. The van der Waals surface area contributed by atoms with E-state index in [0.717, 1.165) is 62.6 Å². The molecule has 7 rings (SSSR count). The van der Waals surface area contributed by atoms with Crippen LogP contribution in [-0.2, 0) is 23.9 Å². The molecule has 1 aromatic carbocycles. The highest BCUT2D eigenvalue weighted by Gasteiger charge is 2.61. The number of aryl methyl sites for hydroxylation is 1. The zero-order valence-corrected chi connectivity index (χ0v) is 36.9. The van der Waals surface area contributed by atoms with E-state index in [0.29, 0.717) is 45.5 Å². The number of amides is 4. The summed E-state index contributed by atoms with van der Waals surface area (Å²) in [7, 11) is 3.90. The fourth-order valence-electron chi connectivity index (χ4n) is 9.19. The molecule has 0 spiro atoms. The van der Waals surface area contributed by atoms with E-state index >= 15 is 0 Å². The Morgan fingerprint density at radius 1 is 1.05 bits per heavy atom. The first-order valence-electron chi connectivity index (χ1n) is 21.5. The lowest BCUT2D eigenvalue weighted by Crippen LogP contribution is -2.59. The minimum Gasteiger partial charge on any atom is -0.488 e. The lowest BCUT2D eigenvalue weighted by Gasteiger charge is -2.35. The summed E-state index contributed by atoms with van der Waals surface area (Å²) in [5.74, 6) is -2.01. The van der Waals surface area contributed by atoms with Crippen LogP contribution in [0, 0.1) is 24.2 Å². The van der Waals surface area contributed by atoms with Gasteiger partial charge in [0.2, 0.25) is 17.7 Å². The van der Waals surface area contributed by atoms with E-state index in [9.17, 15) is 29.1 Å². The normalized spacial score (nSPS) is 23.4. The lowest BCUT2D eigenvalue weighted by atomic mass is 9.85. The molecule has 61 heavy (non-hydrogen) atoms. The molecule has 0 bridgehead atoms. The standard InChI is InChI=1S/C45H59N7O8S/c1-8-27-22-45(27,41(56)57)50-39(54)34-20-29(23-52(34)40(55)38(44(3,4)5)49-43(58)60-28-15-11-12-16-28)59-35-21-31(46-37-25(2)33(51(6)7)18-17-30(35)37)32-24-61-42(47-32)48-36(53)19-26-13-9-10-14-26/h8,17-18,21,24,26-29,34,38H,1,9-16,19-20,22-23H2,2-7H3,(H,49,58)(H,50,54)(H,56,57)(H,47,48,53)/t27-,29-,34+,38-,45-/m1/s1. The Balaban J connectivity index is 1.20. The van der Waals surface area contributed by atoms with Crippen LogP contribution in [0.1, 0.15) is 97.0 Å². The van der Waals surface area contributed by atoms with Gasteiger partial charge in [-0.25, -0.2) is 19.6 Å². The number of alkyl carbamates (subject to hydrolysis) is 1. The number of likely N-dealkylation sites (tertiary alicyclic amines) is 1. The van der Waals surface area contributed by atoms with Crippen molar-refractivity contribution in [1.29, 1.82) is 0 Å². The third-order valence-corrected chi connectivity index (χ3v) is 13.5. The number of thiazole rings is 1.